The molecule has 2 unspecified atom stereocenters. The van der Waals surface area contributed by atoms with Crippen LogP contribution in [0.5, 0.6) is 0 Å². The lowest BCUT2D eigenvalue weighted by Gasteiger charge is -2.35. The van der Waals surface area contributed by atoms with Crippen molar-refractivity contribution in [1.29, 1.82) is 0 Å². The summed E-state index contributed by atoms with van der Waals surface area (Å²) in [6.45, 7) is 6.61. The van der Waals surface area contributed by atoms with Crippen LogP contribution in [0.15, 0.2) is 0 Å². The van der Waals surface area contributed by atoms with Crippen LogP contribution in [0.1, 0.15) is 52.9 Å². The van der Waals surface area contributed by atoms with Gasteiger partial charge in [-0.25, -0.2) is 4.79 Å². The Morgan fingerprint density at radius 1 is 1.33 bits per heavy atom. The van der Waals surface area contributed by atoms with Crippen molar-refractivity contribution in [2.75, 3.05) is 7.05 Å². The Morgan fingerprint density at radius 2 is 1.94 bits per heavy atom. The van der Waals surface area contributed by atoms with E-state index in [1.54, 1.807) is 7.05 Å². The molecule has 1 aliphatic carbocycles. The highest BCUT2D eigenvalue weighted by atomic mass is 16.4. The SMILES string of the molecule is CN(C=O)C1(C(=O)O)CCCC(C(C)(C)C)CC1. The van der Waals surface area contributed by atoms with Gasteiger partial charge in [0.25, 0.3) is 0 Å². The summed E-state index contributed by atoms with van der Waals surface area (Å²) in [6, 6.07) is 0. The summed E-state index contributed by atoms with van der Waals surface area (Å²) < 4.78 is 0. The van der Waals surface area contributed by atoms with E-state index in [0.29, 0.717) is 25.2 Å². The fourth-order valence-corrected chi connectivity index (χ4v) is 3.01. The normalized spacial score (nSPS) is 29.4. The van der Waals surface area contributed by atoms with E-state index >= 15 is 0 Å². The molecule has 2 atom stereocenters. The molecule has 4 heteroatoms. The number of carbonyl (C=O) groups is 2. The summed E-state index contributed by atoms with van der Waals surface area (Å²) in [5.74, 6) is -0.342. The van der Waals surface area contributed by atoms with E-state index in [0.717, 1.165) is 19.3 Å². The van der Waals surface area contributed by atoms with E-state index in [9.17, 15) is 14.7 Å². The number of carboxylic acids is 1. The minimum absolute atomic E-state index is 0.203. The molecule has 1 fully saturated rings. The molecule has 1 saturated carbocycles. The zero-order chi connectivity index (χ0) is 14.0. The third-order valence-electron chi connectivity index (χ3n) is 4.51. The molecule has 0 aromatic rings. The molecule has 18 heavy (non-hydrogen) atoms. The monoisotopic (exact) mass is 255 g/mol. The minimum atomic E-state index is -0.998. The highest BCUT2D eigenvalue weighted by Gasteiger charge is 2.44. The summed E-state index contributed by atoms with van der Waals surface area (Å²) >= 11 is 0. The van der Waals surface area contributed by atoms with Crippen LogP contribution in [0.25, 0.3) is 0 Å². The second-order valence-electron chi connectivity index (χ2n) is 6.55. The maximum atomic E-state index is 11.6. The van der Waals surface area contributed by atoms with E-state index in [2.05, 4.69) is 20.8 Å². The fraction of sp³-hybridized carbons (Fsp3) is 0.857. The maximum Gasteiger partial charge on any atom is 0.329 e. The van der Waals surface area contributed by atoms with Gasteiger partial charge in [0.05, 0.1) is 0 Å². The van der Waals surface area contributed by atoms with Crippen molar-refractivity contribution in [3.63, 3.8) is 0 Å². The van der Waals surface area contributed by atoms with Crippen molar-refractivity contribution >= 4 is 12.4 Å². The first kappa shape index (κ1) is 15.0. The Kier molecular flexibility index (Phi) is 4.41. The van der Waals surface area contributed by atoms with Crippen LogP contribution in [-0.4, -0.2) is 35.0 Å². The molecule has 1 amide bonds. The molecular weight excluding hydrogens is 230 g/mol. The van der Waals surface area contributed by atoms with E-state index in [4.69, 9.17) is 0 Å². The molecule has 1 rings (SSSR count). The molecule has 0 aromatic heterocycles. The van der Waals surface area contributed by atoms with Crippen molar-refractivity contribution in [2.24, 2.45) is 11.3 Å². The summed E-state index contributed by atoms with van der Waals surface area (Å²) in [7, 11) is 1.58. The summed E-state index contributed by atoms with van der Waals surface area (Å²) in [6.07, 6.45) is 4.54. The standard InChI is InChI=1S/C14H25NO3/c1-13(2,3)11-6-5-8-14(9-7-11,12(17)18)15(4)10-16/h10-11H,5-9H2,1-4H3,(H,17,18). The number of rotatable bonds is 3. The van der Waals surface area contributed by atoms with Crippen LogP contribution in [0.4, 0.5) is 0 Å². The number of nitrogens with zero attached hydrogens (tertiary/aromatic N) is 1. The lowest BCUT2D eigenvalue weighted by molar-refractivity contribution is -0.155. The van der Waals surface area contributed by atoms with Crippen molar-refractivity contribution in [2.45, 2.75) is 58.4 Å². The molecule has 0 heterocycles. The summed E-state index contributed by atoms with van der Waals surface area (Å²) in [5.41, 5.74) is -0.796. The molecule has 4 nitrogen and oxygen atoms in total. The molecule has 0 aliphatic heterocycles. The van der Waals surface area contributed by atoms with Crippen molar-refractivity contribution in [3.8, 4) is 0 Å². The fourth-order valence-electron chi connectivity index (χ4n) is 3.01. The number of hydrogen-bond acceptors (Lipinski definition) is 2. The van der Waals surface area contributed by atoms with Crippen molar-refractivity contribution < 1.29 is 14.7 Å². The predicted molar refractivity (Wildman–Crippen MR) is 70.2 cm³/mol. The highest BCUT2D eigenvalue weighted by Crippen LogP contribution is 2.41. The van der Waals surface area contributed by atoms with Crippen LogP contribution >= 0.6 is 0 Å². The van der Waals surface area contributed by atoms with Gasteiger partial charge in [-0.05, 0) is 37.0 Å². The first-order chi connectivity index (χ1) is 8.24. The Morgan fingerprint density at radius 3 is 2.39 bits per heavy atom. The molecular formula is C14H25NO3. The Hall–Kier alpha value is -1.06. The topological polar surface area (TPSA) is 57.6 Å². The third-order valence-corrected chi connectivity index (χ3v) is 4.51. The van der Waals surface area contributed by atoms with Gasteiger partial charge in [-0.3, -0.25) is 4.79 Å². The summed E-state index contributed by atoms with van der Waals surface area (Å²) in [5, 5.41) is 9.50. The lowest BCUT2D eigenvalue weighted by atomic mass is 9.76. The number of aliphatic carboxylic acids is 1. The van der Waals surface area contributed by atoms with Gasteiger partial charge in [-0.1, -0.05) is 27.2 Å². The number of likely N-dealkylation sites (N-methyl/N-ethyl adjacent to an activating group) is 1. The third kappa shape index (κ3) is 2.85. The molecule has 0 radical (unpaired) electrons. The Bertz CT molecular complexity index is 321. The second-order valence-corrected chi connectivity index (χ2v) is 6.55. The predicted octanol–water partition coefficient (Wildman–Crippen LogP) is 2.52. The molecule has 1 aliphatic rings. The average Bonchev–Trinajstić information content (AvgIpc) is 2.50. The van der Waals surface area contributed by atoms with Gasteiger partial charge in [-0.2, -0.15) is 0 Å². The number of carbonyl (C=O) groups excluding carboxylic acids is 1. The molecule has 104 valence electrons. The van der Waals surface area contributed by atoms with Gasteiger partial charge in [0.15, 0.2) is 0 Å². The zero-order valence-electron chi connectivity index (χ0n) is 11.9. The quantitative estimate of drug-likeness (QED) is 0.622. The lowest BCUT2D eigenvalue weighted by Crippen LogP contribution is -2.52. The van der Waals surface area contributed by atoms with E-state index in [1.807, 2.05) is 0 Å². The van der Waals surface area contributed by atoms with E-state index in [1.165, 1.54) is 4.90 Å². The van der Waals surface area contributed by atoms with Crippen molar-refractivity contribution in [1.82, 2.24) is 4.90 Å². The number of hydrogen-bond donors (Lipinski definition) is 1. The van der Waals surface area contributed by atoms with Crippen LogP contribution in [0.3, 0.4) is 0 Å². The zero-order valence-corrected chi connectivity index (χ0v) is 11.9. The van der Waals surface area contributed by atoms with Crippen LogP contribution in [0, 0.1) is 11.3 Å². The van der Waals surface area contributed by atoms with Gasteiger partial charge < -0.3 is 10.0 Å². The van der Waals surface area contributed by atoms with Gasteiger partial charge in [0, 0.05) is 7.05 Å². The minimum Gasteiger partial charge on any atom is -0.479 e. The van der Waals surface area contributed by atoms with Crippen LogP contribution < -0.4 is 0 Å². The number of amides is 1. The Labute approximate surface area is 109 Å². The molecule has 0 aromatic carbocycles. The van der Waals surface area contributed by atoms with E-state index in [-0.39, 0.29) is 5.41 Å². The molecule has 0 bridgehead atoms. The molecule has 0 saturated heterocycles. The summed E-state index contributed by atoms with van der Waals surface area (Å²) in [4.78, 5) is 23.9. The second kappa shape index (κ2) is 5.29. The van der Waals surface area contributed by atoms with Crippen molar-refractivity contribution in [3.05, 3.63) is 0 Å². The van der Waals surface area contributed by atoms with Crippen LogP contribution in [0.2, 0.25) is 0 Å². The van der Waals surface area contributed by atoms with Gasteiger partial charge in [-0.15, -0.1) is 0 Å². The molecule has 0 spiro atoms. The first-order valence-corrected chi connectivity index (χ1v) is 6.65. The average molecular weight is 255 g/mol. The van der Waals surface area contributed by atoms with Gasteiger partial charge in [0.1, 0.15) is 5.54 Å². The van der Waals surface area contributed by atoms with Crippen LogP contribution in [-0.2, 0) is 9.59 Å². The largest absolute Gasteiger partial charge is 0.479 e. The Balaban J connectivity index is 2.92. The van der Waals surface area contributed by atoms with Gasteiger partial charge in [0.2, 0.25) is 6.41 Å². The number of carboxylic acid groups (broad SMARTS) is 1. The maximum absolute atomic E-state index is 11.6. The highest BCUT2D eigenvalue weighted by molar-refractivity contribution is 5.81. The molecule has 1 N–H and O–H groups in total. The van der Waals surface area contributed by atoms with Gasteiger partial charge >= 0.3 is 5.97 Å². The van der Waals surface area contributed by atoms with E-state index < -0.39 is 11.5 Å². The first-order valence-electron chi connectivity index (χ1n) is 6.65. The smallest absolute Gasteiger partial charge is 0.329 e.